The van der Waals surface area contributed by atoms with E-state index in [0.29, 0.717) is 6.07 Å². The summed E-state index contributed by atoms with van der Waals surface area (Å²) in [7, 11) is 1.36. The minimum atomic E-state index is -2.72. The normalized spacial score (nSPS) is 10.8. The fourth-order valence-corrected chi connectivity index (χ4v) is 1.46. The van der Waals surface area contributed by atoms with Crippen LogP contribution in [-0.2, 0) is 4.74 Å². The number of rotatable bonds is 6. The van der Waals surface area contributed by atoms with E-state index in [0.717, 1.165) is 17.0 Å². The first-order chi connectivity index (χ1) is 8.95. The molecule has 0 fully saturated rings. The van der Waals surface area contributed by atoms with Gasteiger partial charge >= 0.3 is 0 Å². The molecule has 0 heterocycles. The van der Waals surface area contributed by atoms with Gasteiger partial charge in [-0.3, -0.25) is 4.79 Å². The number of methoxy groups -OCH3 is 1. The van der Waals surface area contributed by atoms with Gasteiger partial charge < -0.3 is 9.64 Å². The van der Waals surface area contributed by atoms with Gasteiger partial charge in [-0.05, 0) is 18.2 Å². The Labute approximate surface area is 107 Å². The summed E-state index contributed by atoms with van der Waals surface area (Å²) >= 11 is 0. The molecular weight excluding hydrogens is 266 g/mol. The highest BCUT2D eigenvalue weighted by Gasteiger charge is 2.20. The van der Waals surface area contributed by atoms with Crippen molar-refractivity contribution < 1.29 is 27.1 Å². The topological polar surface area (TPSA) is 29.5 Å². The van der Waals surface area contributed by atoms with Crippen LogP contribution in [-0.4, -0.2) is 44.0 Å². The highest BCUT2D eigenvalue weighted by Crippen LogP contribution is 2.12. The standard InChI is InChI=1S/C12H13F4NO2/c1-19-5-4-17(7-11(15)16)12(18)8-2-3-9(13)10(14)6-8/h2-3,6,11H,4-5,7H2,1H3. The number of benzene rings is 1. The minimum Gasteiger partial charge on any atom is -0.383 e. The molecule has 0 bridgehead atoms. The third-order valence-electron chi connectivity index (χ3n) is 2.38. The van der Waals surface area contributed by atoms with E-state index in [-0.39, 0.29) is 18.7 Å². The summed E-state index contributed by atoms with van der Waals surface area (Å²) in [6.07, 6.45) is -2.72. The molecular formula is C12H13F4NO2. The van der Waals surface area contributed by atoms with Gasteiger partial charge in [0.2, 0.25) is 0 Å². The molecule has 106 valence electrons. The average Bonchev–Trinajstić information content (AvgIpc) is 2.36. The molecule has 1 amide bonds. The van der Waals surface area contributed by atoms with Crippen LogP contribution in [0.3, 0.4) is 0 Å². The smallest absolute Gasteiger partial charge is 0.255 e. The Hall–Kier alpha value is -1.63. The highest BCUT2D eigenvalue weighted by atomic mass is 19.3. The predicted octanol–water partition coefficient (Wildman–Crippen LogP) is 2.32. The maximum absolute atomic E-state index is 13.0. The number of ether oxygens (including phenoxy) is 1. The first kappa shape index (κ1) is 15.4. The molecule has 0 saturated heterocycles. The van der Waals surface area contributed by atoms with Crippen molar-refractivity contribution in [3.05, 3.63) is 35.4 Å². The monoisotopic (exact) mass is 279 g/mol. The van der Waals surface area contributed by atoms with Crippen LogP contribution in [0.2, 0.25) is 0 Å². The van der Waals surface area contributed by atoms with E-state index in [4.69, 9.17) is 4.74 Å². The summed E-state index contributed by atoms with van der Waals surface area (Å²) in [6.45, 7) is -0.776. The van der Waals surface area contributed by atoms with Crippen LogP contribution in [0.4, 0.5) is 17.6 Å². The van der Waals surface area contributed by atoms with E-state index in [2.05, 4.69) is 0 Å². The summed E-state index contributed by atoms with van der Waals surface area (Å²) in [5.41, 5.74) is -0.185. The van der Waals surface area contributed by atoms with Crippen molar-refractivity contribution in [2.75, 3.05) is 26.8 Å². The number of carbonyl (C=O) groups is 1. The molecule has 3 nitrogen and oxygen atoms in total. The lowest BCUT2D eigenvalue weighted by atomic mass is 10.2. The van der Waals surface area contributed by atoms with E-state index >= 15 is 0 Å². The second-order valence-electron chi connectivity index (χ2n) is 3.76. The highest BCUT2D eigenvalue weighted by molar-refractivity contribution is 5.94. The van der Waals surface area contributed by atoms with Crippen molar-refractivity contribution in [1.82, 2.24) is 4.90 Å². The quantitative estimate of drug-likeness (QED) is 0.748. The third kappa shape index (κ3) is 4.51. The SMILES string of the molecule is COCCN(CC(F)F)C(=O)c1ccc(F)c(F)c1. The van der Waals surface area contributed by atoms with Gasteiger partial charge in [-0.2, -0.15) is 0 Å². The first-order valence-corrected chi connectivity index (χ1v) is 5.47. The van der Waals surface area contributed by atoms with E-state index in [9.17, 15) is 22.4 Å². The Kier molecular flexibility index (Phi) is 5.75. The van der Waals surface area contributed by atoms with Gasteiger partial charge in [0, 0.05) is 19.2 Å². The largest absolute Gasteiger partial charge is 0.383 e. The molecule has 0 radical (unpaired) electrons. The zero-order valence-corrected chi connectivity index (χ0v) is 10.2. The van der Waals surface area contributed by atoms with E-state index in [1.54, 1.807) is 0 Å². The van der Waals surface area contributed by atoms with Gasteiger partial charge in [-0.25, -0.2) is 17.6 Å². The van der Waals surface area contributed by atoms with Gasteiger partial charge in [-0.1, -0.05) is 0 Å². The molecule has 7 heteroatoms. The Morgan fingerprint density at radius 1 is 1.32 bits per heavy atom. The number of hydrogen-bond acceptors (Lipinski definition) is 2. The summed E-state index contributed by atoms with van der Waals surface area (Å²) in [5, 5.41) is 0. The lowest BCUT2D eigenvalue weighted by Gasteiger charge is -2.22. The Bertz CT molecular complexity index is 440. The molecule has 0 saturated carbocycles. The Balaban J connectivity index is 2.87. The van der Waals surface area contributed by atoms with Crippen molar-refractivity contribution >= 4 is 5.91 Å². The summed E-state index contributed by atoms with van der Waals surface area (Å²) in [5.74, 6) is -3.10. The van der Waals surface area contributed by atoms with Gasteiger partial charge in [-0.15, -0.1) is 0 Å². The average molecular weight is 279 g/mol. The number of amides is 1. The molecule has 0 aliphatic rings. The molecule has 0 unspecified atom stereocenters. The molecule has 0 aromatic heterocycles. The molecule has 0 N–H and O–H groups in total. The van der Waals surface area contributed by atoms with Crippen molar-refractivity contribution in [3.63, 3.8) is 0 Å². The Morgan fingerprint density at radius 3 is 2.53 bits per heavy atom. The summed E-state index contributed by atoms with van der Waals surface area (Å²) < 4.78 is 55.2. The lowest BCUT2D eigenvalue weighted by molar-refractivity contribution is 0.0477. The number of carbonyl (C=O) groups excluding carboxylic acids is 1. The Morgan fingerprint density at radius 2 is 2.00 bits per heavy atom. The van der Waals surface area contributed by atoms with Crippen LogP contribution in [0, 0.1) is 11.6 Å². The molecule has 0 spiro atoms. The zero-order valence-electron chi connectivity index (χ0n) is 10.2. The number of nitrogens with zero attached hydrogens (tertiary/aromatic N) is 1. The number of alkyl halides is 2. The fourth-order valence-electron chi connectivity index (χ4n) is 1.46. The van der Waals surface area contributed by atoms with Gasteiger partial charge in [0.1, 0.15) is 0 Å². The molecule has 1 rings (SSSR count). The van der Waals surface area contributed by atoms with Crippen LogP contribution in [0.1, 0.15) is 10.4 Å². The van der Waals surface area contributed by atoms with E-state index < -0.39 is 30.5 Å². The first-order valence-electron chi connectivity index (χ1n) is 5.47. The maximum atomic E-state index is 13.0. The van der Waals surface area contributed by atoms with Crippen molar-refractivity contribution in [2.45, 2.75) is 6.43 Å². The molecule has 0 aliphatic carbocycles. The van der Waals surface area contributed by atoms with Crippen LogP contribution in [0.5, 0.6) is 0 Å². The van der Waals surface area contributed by atoms with Crippen LogP contribution in [0.15, 0.2) is 18.2 Å². The van der Waals surface area contributed by atoms with Crippen LogP contribution >= 0.6 is 0 Å². The minimum absolute atomic E-state index is 0.0569. The second-order valence-corrected chi connectivity index (χ2v) is 3.76. The molecule has 1 aromatic rings. The predicted molar refractivity (Wildman–Crippen MR) is 60.1 cm³/mol. The molecule has 19 heavy (non-hydrogen) atoms. The number of hydrogen-bond donors (Lipinski definition) is 0. The van der Waals surface area contributed by atoms with Crippen molar-refractivity contribution in [1.29, 1.82) is 0 Å². The molecule has 0 atom stereocenters. The summed E-state index contributed by atoms with van der Waals surface area (Å²) in [6, 6.07) is 2.51. The second kappa shape index (κ2) is 7.08. The summed E-state index contributed by atoms with van der Waals surface area (Å²) in [4.78, 5) is 12.7. The van der Waals surface area contributed by atoms with Crippen molar-refractivity contribution in [3.8, 4) is 0 Å². The van der Waals surface area contributed by atoms with E-state index in [1.807, 2.05) is 0 Å². The van der Waals surface area contributed by atoms with Crippen LogP contribution in [0.25, 0.3) is 0 Å². The van der Waals surface area contributed by atoms with Gasteiger partial charge in [0.25, 0.3) is 12.3 Å². The number of halogens is 4. The van der Waals surface area contributed by atoms with Gasteiger partial charge in [0.05, 0.1) is 13.2 Å². The molecule has 0 aliphatic heterocycles. The van der Waals surface area contributed by atoms with Crippen molar-refractivity contribution in [2.24, 2.45) is 0 Å². The zero-order chi connectivity index (χ0) is 14.4. The maximum Gasteiger partial charge on any atom is 0.255 e. The fraction of sp³-hybridized carbons (Fsp3) is 0.417. The third-order valence-corrected chi connectivity index (χ3v) is 2.38. The lowest BCUT2D eigenvalue weighted by Crippen LogP contribution is -2.37. The van der Waals surface area contributed by atoms with E-state index in [1.165, 1.54) is 7.11 Å². The molecule has 1 aromatic carbocycles. The van der Waals surface area contributed by atoms with Crippen LogP contribution < -0.4 is 0 Å². The van der Waals surface area contributed by atoms with Gasteiger partial charge in [0.15, 0.2) is 11.6 Å².